The topological polar surface area (TPSA) is 100 Å². The first-order valence-corrected chi connectivity index (χ1v) is 19.8. The van der Waals surface area contributed by atoms with Crippen molar-refractivity contribution in [3.63, 3.8) is 0 Å². The fraction of sp³-hybridized carbons (Fsp3) is 0.277. The Morgan fingerprint density at radius 2 is 1.22 bits per heavy atom. The van der Waals surface area contributed by atoms with Crippen molar-refractivity contribution in [1.82, 2.24) is 30.2 Å². The van der Waals surface area contributed by atoms with E-state index < -0.39 is 0 Å². The maximum Gasteiger partial charge on any atom is 0.165 e. The number of ether oxygens (including phenoxy) is 3. The molecule has 0 unspecified atom stereocenters. The summed E-state index contributed by atoms with van der Waals surface area (Å²) in [5.74, 6) is -0.178. The number of para-hydroxylation sites is 2. The molecule has 4 aromatic heterocycles. The average molecular weight is 781 g/mol. The summed E-state index contributed by atoms with van der Waals surface area (Å²) >= 11 is 0. The van der Waals surface area contributed by atoms with Crippen molar-refractivity contribution in [2.75, 3.05) is 47.6 Å². The molecule has 4 aromatic carbocycles. The van der Waals surface area contributed by atoms with Crippen LogP contribution in [-0.4, -0.2) is 72.4 Å². The predicted octanol–water partition coefficient (Wildman–Crippen LogP) is 8.56. The van der Waals surface area contributed by atoms with E-state index in [9.17, 15) is 8.78 Å². The zero-order chi connectivity index (χ0) is 39.8. The van der Waals surface area contributed by atoms with Crippen molar-refractivity contribution < 1.29 is 23.0 Å². The van der Waals surface area contributed by atoms with Crippen LogP contribution in [0.1, 0.15) is 45.0 Å². The minimum Gasteiger partial charge on any atom is -0.494 e. The Balaban J connectivity index is 0.000000152. The number of pyridine rings is 2. The summed E-state index contributed by atoms with van der Waals surface area (Å²) in [5, 5.41) is 8.39. The quantitative estimate of drug-likeness (QED) is 0.135. The second-order valence-electron chi connectivity index (χ2n) is 15.0. The highest BCUT2D eigenvalue weighted by Gasteiger charge is 2.25. The summed E-state index contributed by atoms with van der Waals surface area (Å²) in [6, 6.07) is 27.0. The standard InChI is InChI=1S/C25H26FN3O2.C22H20FN3O/c1-30-12-11-29-10-9-18-22(15-29)27-21(14-16-7-8-23(31-2)19(26)13-16)25-24(18)17-5-3-4-6-20(17)28-25;1-27-20-7-6-13(10-16(20)23)11-18-22-21(14-4-2-3-5-17(14)26-22)15-8-9-24-12-19(15)25-18/h3-8,13,28H,9-12,14-15H2,1-2H3;2-7,10,24,26H,8-9,11-12H2,1H3. The van der Waals surface area contributed by atoms with Gasteiger partial charge in [0.15, 0.2) is 23.1 Å². The van der Waals surface area contributed by atoms with E-state index in [1.54, 1.807) is 25.3 Å². The van der Waals surface area contributed by atoms with Crippen molar-refractivity contribution in [3.8, 4) is 11.5 Å². The fourth-order valence-corrected chi connectivity index (χ4v) is 8.69. The molecule has 11 heteroatoms. The Bertz CT molecular complexity index is 2800. The van der Waals surface area contributed by atoms with Gasteiger partial charge in [-0.1, -0.05) is 48.5 Å². The van der Waals surface area contributed by atoms with Crippen molar-refractivity contribution in [2.24, 2.45) is 0 Å². The van der Waals surface area contributed by atoms with E-state index in [2.05, 4.69) is 56.6 Å². The molecule has 296 valence electrons. The number of hydrogen-bond acceptors (Lipinski definition) is 7. The van der Waals surface area contributed by atoms with E-state index in [1.807, 2.05) is 24.3 Å². The molecule has 0 amide bonds. The lowest BCUT2D eigenvalue weighted by atomic mass is 9.96. The van der Waals surface area contributed by atoms with Crippen LogP contribution in [-0.2, 0) is 43.5 Å². The number of aromatic nitrogens is 4. The van der Waals surface area contributed by atoms with Gasteiger partial charge in [-0.3, -0.25) is 14.9 Å². The predicted molar refractivity (Wildman–Crippen MR) is 225 cm³/mol. The number of halogens is 2. The van der Waals surface area contributed by atoms with Crippen LogP contribution in [0.2, 0.25) is 0 Å². The summed E-state index contributed by atoms with van der Waals surface area (Å²) in [7, 11) is 4.69. The molecule has 9 nitrogen and oxygen atoms in total. The van der Waals surface area contributed by atoms with Gasteiger partial charge in [-0.15, -0.1) is 0 Å². The lowest BCUT2D eigenvalue weighted by molar-refractivity contribution is 0.140. The zero-order valence-corrected chi connectivity index (χ0v) is 33.0. The SMILES string of the molecule is COCCN1CCc2c(nc(Cc3ccc(OC)c(F)c3)c3[nH]c4ccccc4c23)C1.COc1ccc(Cc2nc3c(c4c2[nH]c2ccccc24)CCNC3)cc1F. The number of aromatic amines is 2. The van der Waals surface area contributed by atoms with Crippen molar-refractivity contribution >= 4 is 43.6 Å². The highest BCUT2D eigenvalue weighted by atomic mass is 19.1. The van der Waals surface area contributed by atoms with Crippen LogP contribution in [0, 0.1) is 11.6 Å². The van der Waals surface area contributed by atoms with Crippen LogP contribution >= 0.6 is 0 Å². The maximum absolute atomic E-state index is 14.3. The minimum atomic E-state index is -0.350. The van der Waals surface area contributed by atoms with Gasteiger partial charge in [0.25, 0.3) is 0 Å². The van der Waals surface area contributed by atoms with Crippen molar-refractivity contribution in [3.05, 3.63) is 142 Å². The Morgan fingerprint density at radius 1 is 0.672 bits per heavy atom. The first-order chi connectivity index (χ1) is 28.4. The monoisotopic (exact) mass is 780 g/mol. The third-order valence-electron chi connectivity index (χ3n) is 11.5. The lowest BCUT2D eigenvalue weighted by Crippen LogP contribution is -2.34. The van der Waals surface area contributed by atoms with E-state index in [1.165, 1.54) is 53.0 Å². The van der Waals surface area contributed by atoms with E-state index in [0.29, 0.717) is 19.4 Å². The summed E-state index contributed by atoms with van der Waals surface area (Å²) in [6.45, 7) is 5.14. The fourth-order valence-electron chi connectivity index (χ4n) is 8.69. The molecule has 10 rings (SSSR count). The molecule has 0 fully saturated rings. The smallest absolute Gasteiger partial charge is 0.165 e. The third-order valence-corrected chi connectivity index (χ3v) is 11.5. The molecule has 6 heterocycles. The molecule has 2 aliphatic heterocycles. The van der Waals surface area contributed by atoms with Crippen LogP contribution in [0.15, 0.2) is 84.9 Å². The summed E-state index contributed by atoms with van der Waals surface area (Å²) in [6.07, 6.45) is 3.05. The van der Waals surface area contributed by atoms with Gasteiger partial charge in [0, 0.05) is 78.7 Å². The molecular formula is C47H46F2N6O3. The molecule has 0 spiro atoms. The van der Waals surface area contributed by atoms with E-state index >= 15 is 0 Å². The van der Waals surface area contributed by atoms with Crippen molar-refractivity contribution in [1.29, 1.82) is 0 Å². The minimum absolute atomic E-state index is 0.256. The van der Waals surface area contributed by atoms with Gasteiger partial charge >= 0.3 is 0 Å². The second kappa shape index (κ2) is 16.2. The van der Waals surface area contributed by atoms with Gasteiger partial charge in [-0.2, -0.15) is 0 Å². The highest BCUT2D eigenvalue weighted by Crippen LogP contribution is 2.36. The second-order valence-corrected chi connectivity index (χ2v) is 15.0. The Hall–Kier alpha value is -5.88. The number of benzene rings is 4. The molecule has 0 atom stereocenters. The molecule has 0 saturated heterocycles. The molecule has 2 aliphatic rings. The molecule has 0 aliphatic carbocycles. The highest BCUT2D eigenvalue weighted by molar-refractivity contribution is 6.11. The zero-order valence-electron chi connectivity index (χ0n) is 33.0. The summed E-state index contributed by atoms with van der Waals surface area (Å²) in [4.78, 5) is 19.6. The van der Waals surface area contributed by atoms with Gasteiger partial charge in [-0.25, -0.2) is 8.78 Å². The molecule has 8 aromatic rings. The summed E-state index contributed by atoms with van der Waals surface area (Å²) in [5.41, 5.74) is 12.9. The van der Waals surface area contributed by atoms with Crippen LogP contribution in [0.5, 0.6) is 11.5 Å². The van der Waals surface area contributed by atoms with Gasteiger partial charge < -0.3 is 29.5 Å². The first-order valence-electron chi connectivity index (χ1n) is 19.8. The number of nitrogens with zero attached hydrogens (tertiary/aromatic N) is 3. The van der Waals surface area contributed by atoms with E-state index in [4.69, 9.17) is 24.2 Å². The number of hydrogen-bond donors (Lipinski definition) is 3. The van der Waals surface area contributed by atoms with Gasteiger partial charge in [0.05, 0.1) is 54.6 Å². The number of methoxy groups -OCH3 is 3. The number of fused-ring (bicyclic) bond motifs is 10. The summed E-state index contributed by atoms with van der Waals surface area (Å²) < 4.78 is 43.8. The number of rotatable bonds is 9. The number of H-pyrrole nitrogens is 2. The van der Waals surface area contributed by atoms with Crippen LogP contribution < -0.4 is 14.8 Å². The first kappa shape index (κ1) is 37.7. The average Bonchev–Trinajstić information content (AvgIpc) is 3.84. The molecule has 0 saturated carbocycles. The maximum atomic E-state index is 14.3. The molecule has 0 radical (unpaired) electrons. The Labute approximate surface area is 335 Å². The third kappa shape index (κ3) is 7.14. The molecule has 3 N–H and O–H groups in total. The Morgan fingerprint density at radius 3 is 1.78 bits per heavy atom. The van der Waals surface area contributed by atoms with E-state index in [0.717, 1.165) is 102 Å². The molecule has 0 bridgehead atoms. The van der Waals surface area contributed by atoms with Gasteiger partial charge in [0.2, 0.25) is 0 Å². The lowest BCUT2D eigenvalue weighted by Gasteiger charge is -2.28. The van der Waals surface area contributed by atoms with Gasteiger partial charge in [-0.05, 0) is 78.0 Å². The normalized spacial score (nSPS) is 14.1. The molecular weight excluding hydrogens is 735 g/mol. The van der Waals surface area contributed by atoms with Crippen molar-refractivity contribution in [2.45, 2.75) is 38.8 Å². The Kier molecular flexibility index (Phi) is 10.5. The molecule has 58 heavy (non-hydrogen) atoms. The van der Waals surface area contributed by atoms with Crippen LogP contribution in [0.25, 0.3) is 43.6 Å². The number of nitrogens with one attached hydrogen (secondary N) is 3. The largest absolute Gasteiger partial charge is 0.494 e. The van der Waals surface area contributed by atoms with Crippen LogP contribution in [0.4, 0.5) is 8.78 Å². The van der Waals surface area contributed by atoms with E-state index in [-0.39, 0.29) is 23.1 Å². The van der Waals surface area contributed by atoms with Crippen LogP contribution in [0.3, 0.4) is 0 Å². The van der Waals surface area contributed by atoms with Gasteiger partial charge in [0.1, 0.15) is 0 Å².